The number of furan rings is 1. The summed E-state index contributed by atoms with van der Waals surface area (Å²) in [5.41, 5.74) is 7.02. The lowest BCUT2D eigenvalue weighted by Crippen LogP contribution is -2.40. The molecule has 2 heterocycles. The van der Waals surface area contributed by atoms with E-state index >= 15 is 0 Å². The van der Waals surface area contributed by atoms with E-state index in [0.717, 1.165) is 0 Å². The van der Waals surface area contributed by atoms with E-state index in [0.29, 0.717) is 11.1 Å². The van der Waals surface area contributed by atoms with Crippen molar-refractivity contribution in [1.29, 1.82) is 0 Å². The van der Waals surface area contributed by atoms with Crippen LogP contribution in [0.2, 0.25) is 0 Å². The van der Waals surface area contributed by atoms with Crippen molar-refractivity contribution in [3.8, 4) is 0 Å². The molecule has 0 aliphatic carbocycles. The van der Waals surface area contributed by atoms with Gasteiger partial charge in [0, 0.05) is 12.1 Å². The largest absolute Gasteiger partial charge is 0.463 e. The highest BCUT2D eigenvalue weighted by molar-refractivity contribution is 6.03. The van der Waals surface area contributed by atoms with Gasteiger partial charge in [-0.3, -0.25) is 9.36 Å². The summed E-state index contributed by atoms with van der Waals surface area (Å²) >= 11 is 0. The molecule has 0 aromatic carbocycles. The van der Waals surface area contributed by atoms with Gasteiger partial charge in [-0.2, -0.15) is 0 Å². The molecule has 0 saturated carbocycles. The average molecular weight is 294 g/mol. The Morgan fingerprint density at radius 2 is 2.10 bits per heavy atom. The molecule has 0 amide bonds. The second-order valence-electron chi connectivity index (χ2n) is 4.86. The van der Waals surface area contributed by atoms with Crippen molar-refractivity contribution in [2.75, 3.05) is 6.61 Å². The second-order valence-corrected chi connectivity index (χ2v) is 4.86. The number of nitrogens with two attached hydrogens (primary N) is 1. The highest BCUT2D eigenvalue weighted by Crippen LogP contribution is 2.23. The van der Waals surface area contributed by atoms with Crippen molar-refractivity contribution < 1.29 is 18.7 Å². The molecule has 2 N–H and O–H groups in total. The number of ether oxygens (including phenoxy) is 1. The summed E-state index contributed by atoms with van der Waals surface area (Å²) in [5.74, 6) is -0.954. The predicted octanol–water partition coefficient (Wildman–Crippen LogP) is 2.67. The third-order valence-corrected chi connectivity index (χ3v) is 3.13. The molecule has 0 spiro atoms. The topological polar surface area (TPSA) is 87.5 Å². The number of carbonyl (C=O) groups excluding carboxylic acids is 2. The van der Waals surface area contributed by atoms with Crippen LogP contribution in [-0.4, -0.2) is 29.1 Å². The van der Waals surface area contributed by atoms with Crippen molar-refractivity contribution in [1.82, 2.24) is 4.57 Å². The fraction of sp³-hybridized carbons (Fsp3) is 0.467. The van der Waals surface area contributed by atoms with E-state index in [4.69, 9.17) is 14.9 Å². The molecular formula is C15H22N2O4. The Hall–Kier alpha value is -2.08. The number of hydrogen-bond donors (Lipinski definition) is 1. The zero-order valence-electron chi connectivity index (χ0n) is 11.8. The number of fused-ring (bicyclic) bond motifs is 1. The minimum Gasteiger partial charge on any atom is -0.463 e. The molecule has 6 heteroatoms. The Balaban J connectivity index is 0.00000220. The molecule has 21 heavy (non-hydrogen) atoms. The van der Waals surface area contributed by atoms with E-state index in [1.54, 1.807) is 13.0 Å². The van der Waals surface area contributed by atoms with Gasteiger partial charge in [0.2, 0.25) is 5.91 Å². The van der Waals surface area contributed by atoms with Gasteiger partial charge in [0.1, 0.15) is 5.69 Å². The molecule has 2 aromatic rings. The van der Waals surface area contributed by atoms with Gasteiger partial charge in [0.25, 0.3) is 0 Å². The van der Waals surface area contributed by atoms with Crippen LogP contribution in [0.1, 0.15) is 43.5 Å². The Kier molecular flexibility index (Phi) is 5.32. The number of rotatable bonds is 4. The van der Waals surface area contributed by atoms with Gasteiger partial charge >= 0.3 is 5.97 Å². The highest BCUT2D eigenvalue weighted by atomic mass is 16.5. The Morgan fingerprint density at radius 3 is 2.67 bits per heavy atom. The maximum absolute atomic E-state index is 12.5. The summed E-state index contributed by atoms with van der Waals surface area (Å²) in [4.78, 5) is 24.4. The first-order chi connectivity index (χ1) is 9.47. The summed E-state index contributed by atoms with van der Waals surface area (Å²) in [5, 5.41) is 0. The standard InChI is InChI=1S/C14H18N2O4.CH4/c1-4-19-14(18)10-7-11-9(5-6-20-11)16(10)13(17)12(15)8(2)3;/h5-8,12H,4,15H2,1-3H3;1H4/t12-;/m0./s1. The summed E-state index contributed by atoms with van der Waals surface area (Å²) in [6.07, 6.45) is 1.46. The fourth-order valence-corrected chi connectivity index (χ4v) is 1.95. The van der Waals surface area contributed by atoms with E-state index in [2.05, 4.69) is 0 Å². The predicted molar refractivity (Wildman–Crippen MR) is 80.3 cm³/mol. The first-order valence-corrected chi connectivity index (χ1v) is 6.53. The third-order valence-electron chi connectivity index (χ3n) is 3.13. The minimum absolute atomic E-state index is 0. The fourth-order valence-electron chi connectivity index (χ4n) is 1.95. The lowest BCUT2D eigenvalue weighted by Gasteiger charge is -2.16. The van der Waals surface area contributed by atoms with Crippen LogP contribution in [0.15, 0.2) is 22.8 Å². The smallest absolute Gasteiger partial charge is 0.355 e. The maximum Gasteiger partial charge on any atom is 0.355 e. The molecule has 0 unspecified atom stereocenters. The van der Waals surface area contributed by atoms with Gasteiger partial charge in [0.15, 0.2) is 5.58 Å². The molecule has 1 atom stereocenters. The van der Waals surface area contributed by atoms with Crippen LogP contribution < -0.4 is 5.73 Å². The Labute approximate surface area is 123 Å². The van der Waals surface area contributed by atoms with Gasteiger partial charge in [-0.15, -0.1) is 0 Å². The SMILES string of the molecule is C.CCOC(=O)c1cc2occc2n1C(=O)[C@@H](N)C(C)C. The van der Waals surface area contributed by atoms with Crippen LogP contribution in [0.25, 0.3) is 11.1 Å². The monoisotopic (exact) mass is 294 g/mol. The number of esters is 1. The van der Waals surface area contributed by atoms with Crippen LogP contribution in [-0.2, 0) is 4.74 Å². The molecule has 0 fully saturated rings. The van der Waals surface area contributed by atoms with Gasteiger partial charge in [-0.25, -0.2) is 4.79 Å². The van der Waals surface area contributed by atoms with E-state index in [-0.39, 0.29) is 31.6 Å². The summed E-state index contributed by atoms with van der Waals surface area (Å²) in [7, 11) is 0. The normalized spacial score (nSPS) is 12.2. The minimum atomic E-state index is -0.700. The second kappa shape index (κ2) is 6.58. The molecule has 0 saturated heterocycles. The number of carbonyl (C=O) groups is 2. The van der Waals surface area contributed by atoms with Gasteiger partial charge < -0.3 is 14.9 Å². The van der Waals surface area contributed by atoms with E-state index < -0.39 is 12.0 Å². The van der Waals surface area contributed by atoms with E-state index in [9.17, 15) is 9.59 Å². The zero-order chi connectivity index (χ0) is 14.9. The zero-order valence-corrected chi connectivity index (χ0v) is 11.8. The Bertz CT molecular complexity index is 639. The molecular weight excluding hydrogens is 272 g/mol. The highest BCUT2D eigenvalue weighted by Gasteiger charge is 2.27. The average Bonchev–Trinajstić information content (AvgIpc) is 2.96. The van der Waals surface area contributed by atoms with Crippen molar-refractivity contribution in [2.45, 2.75) is 34.2 Å². The van der Waals surface area contributed by atoms with Gasteiger partial charge in [-0.05, 0) is 12.8 Å². The first-order valence-electron chi connectivity index (χ1n) is 6.53. The molecule has 6 nitrogen and oxygen atoms in total. The number of aromatic nitrogens is 1. The molecule has 116 valence electrons. The summed E-state index contributed by atoms with van der Waals surface area (Å²) < 4.78 is 11.5. The van der Waals surface area contributed by atoms with Crippen LogP contribution in [0.5, 0.6) is 0 Å². The quantitative estimate of drug-likeness (QED) is 0.876. The summed E-state index contributed by atoms with van der Waals surface area (Å²) in [6, 6.07) is 2.43. The van der Waals surface area contributed by atoms with E-state index in [1.165, 1.54) is 16.9 Å². The van der Waals surface area contributed by atoms with Crippen molar-refractivity contribution >= 4 is 23.0 Å². The van der Waals surface area contributed by atoms with Crippen molar-refractivity contribution in [3.05, 3.63) is 24.1 Å². The van der Waals surface area contributed by atoms with Crippen molar-refractivity contribution in [2.24, 2.45) is 11.7 Å². The molecule has 0 aliphatic rings. The molecule has 2 rings (SSSR count). The van der Waals surface area contributed by atoms with Crippen LogP contribution >= 0.6 is 0 Å². The molecule has 0 aliphatic heterocycles. The van der Waals surface area contributed by atoms with Crippen molar-refractivity contribution in [3.63, 3.8) is 0 Å². The van der Waals surface area contributed by atoms with Gasteiger partial charge in [-0.1, -0.05) is 21.3 Å². The molecule has 0 radical (unpaired) electrons. The number of nitrogens with zero attached hydrogens (tertiary/aromatic N) is 1. The summed E-state index contributed by atoms with van der Waals surface area (Å²) in [6.45, 7) is 5.64. The third kappa shape index (κ3) is 3.00. The first kappa shape index (κ1) is 17.0. The molecule has 2 aromatic heterocycles. The number of hydrogen-bond acceptors (Lipinski definition) is 5. The molecule has 0 bridgehead atoms. The van der Waals surface area contributed by atoms with Crippen LogP contribution in [0.4, 0.5) is 0 Å². The lowest BCUT2D eigenvalue weighted by atomic mass is 10.0. The van der Waals surface area contributed by atoms with E-state index in [1.807, 2.05) is 13.8 Å². The Morgan fingerprint density at radius 1 is 1.43 bits per heavy atom. The lowest BCUT2D eigenvalue weighted by molar-refractivity contribution is 0.0507. The van der Waals surface area contributed by atoms with Crippen LogP contribution in [0, 0.1) is 5.92 Å². The van der Waals surface area contributed by atoms with Crippen LogP contribution in [0.3, 0.4) is 0 Å². The maximum atomic E-state index is 12.5. The van der Waals surface area contributed by atoms with Gasteiger partial charge in [0.05, 0.1) is 24.4 Å².